The summed E-state index contributed by atoms with van der Waals surface area (Å²) < 4.78 is 5.89. The number of hydrogen-bond acceptors (Lipinski definition) is 2. The van der Waals surface area contributed by atoms with Crippen molar-refractivity contribution in [3.63, 3.8) is 0 Å². The van der Waals surface area contributed by atoms with Gasteiger partial charge in [-0.1, -0.05) is 61.9 Å². The van der Waals surface area contributed by atoms with E-state index in [2.05, 4.69) is 37.4 Å². The first-order valence-electron chi connectivity index (χ1n) is 8.96. The molecule has 3 heteroatoms. The third-order valence-corrected chi connectivity index (χ3v) is 4.23. The maximum absolute atomic E-state index is 12.7. The third kappa shape index (κ3) is 5.63. The minimum absolute atomic E-state index is 0.00105. The van der Waals surface area contributed by atoms with Crippen molar-refractivity contribution in [2.24, 2.45) is 5.92 Å². The molecule has 1 N–H and O–H groups in total. The molecular weight excluding hydrogens is 310 g/mol. The Bertz CT molecular complexity index is 694. The Morgan fingerprint density at radius 1 is 1.04 bits per heavy atom. The Kier molecular flexibility index (Phi) is 6.63. The van der Waals surface area contributed by atoms with Gasteiger partial charge in [-0.05, 0) is 50.3 Å². The number of nitrogens with one attached hydrogen (secondary N) is 1. The topological polar surface area (TPSA) is 38.3 Å². The van der Waals surface area contributed by atoms with Gasteiger partial charge < -0.3 is 10.1 Å². The molecule has 1 amide bonds. The van der Waals surface area contributed by atoms with Crippen LogP contribution in [0.15, 0.2) is 48.5 Å². The highest BCUT2D eigenvalue weighted by Gasteiger charge is 2.21. The molecule has 0 aromatic heterocycles. The number of hydrogen-bond donors (Lipinski definition) is 1. The van der Waals surface area contributed by atoms with E-state index in [4.69, 9.17) is 4.74 Å². The second-order valence-electron chi connectivity index (χ2n) is 7.13. The number of amides is 1. The van der Waals surface area contributed by atoms with Gasteiger partial charge in [0.05, 0.1) is 6.04 Å². The summed E-state index contributed by atoms with van der Waals surface area (Å²) in [5.74, 6) is 1.16. The fourth-order valence-electron chi connectivity index (χ4n) is 2.90. The van der Waals surface area contributed by atoms with Crippen LogP contribution in [0, 0.1) is 19.8 Å². The first-order valence-corrected chi connectivity index (χ1v) is 8.96. The minimum atomic E-state index is -0.542. The summed E-state index contributed by atoms with van der Waals surface area (Å²) >= 11 is 0. The molecule has 2 rings (SSSR count). The summed E-state index contributed by atoms with van der Waals surface area (Å²) in [4.78, 5) is 12.7. The molecular formula is C22H29NO2. The fourth-order valence-corrected chi connectivity index (χ4v) is 2.90. The molecule has 3 nitrogen and oxygen atoms in total. The molecule has 25 heavy (non-hydrogen) atoms. The van der Waals surface area contributed by atoms with Gasteiger partial charge in [0.2, 0.25) is 0 Å². The molecule has 2 atom stereocenters. The molecule has 0 aliphatic rings. The van der Waals surface area contributed by atoms with Crippen molar-refractivity contribution in [1.29, 1.82) is 0 Å². The average molecular weight is 339 g/mol. The SMILES string of the molecule is Cc1ccc(O[C@@H](C)C(=O)N[C@@H](CC(C)C)c2ccccc2)c(C)c1. The van der Waals surface area contributed by atoms with Crippen molar-refractivity contribution in [3.8, 4) is 5.75 Å². The molecule has 2 aromatic rings. The predicted octanol–water partition coefficient (Wildman–Crippen LogP) is 4.97. The summed E-state index contributed by atoms with van der Waals surface area (Å²) in [6.07, 6.45) is 0.353. The van der Waals surface area contributed by atoms with E-state index in [1.807, 2.05) is 44.2 Å². The van der Waals surface area contributed by atoms with Gasteiger partial charge in [-0.2, -0.15) is 0 Å². The zero-order chi connectivity index (χ0) is 18.4. The largest absolute Gasteiger partial charge is 0.481 e. The first-order chi connectivity index (χ1) is 11.9. The van der Waals surface area contributed by atoms with Crippen molar-refractivity contribution < 1.29 is 9.53 Å². The van der Waals surface area contributed by atoms with Gasteiger partial charge in [-0.3, -0.25) is 4.79 Å². The van der Waals surface area contributed by atoms with Crippen LogP contribution in [0.3, 0.4) is 0 Å². The van der Waals surface area contributed by atoms with Gasteiger partial charge in [-0.25, -0.2) is 0 Å². The van der Waals surface area contributed by atoms with E-state index >= 15 is 0 Å². The summed E-state index contributed by atoms with van der Waals surface area (Å²) in [5.41, 5.74) is 3.35. The van der Waals surface area contributed by atoms with Crippen molar-refractivity contribution in [1.82, 2.24) is 5.32 Å². The first kappa shape index (κ1) is 19.0. The number of aryl methyl sites for hydroxylation is 2. The average Bonchev–Trinajstić information content (AvgIpc) is 2.57. The molecule has 0 heterocycles. The molecule has 0 radical (unpaired) electrons. The number of rotatable bonds is 7. The van der Waals surface area contributed by atoms with E-state index in [0.717, 1.165) is 23.3 Å². The number of benzene rings is 2. The molecule has 0 spiro atoms. The van der Waals surface area contributed by atoms with E-state index < -0.39 is 6.10 Å². The lowest BCUT2D eigenvalue weighted by atomic mass is 9.97. The monoisotopic (exact) mass is 339 g/mol. The Balaban J connectivity index is 2.06. The number of carbonyl (C=O) groups excluding carboxylic acids is 1. The maximum atomic E-state index is 12.7. The predicted molar refractivity (Wildman–Crippen MR) is 103 cm³/mol. The van der Waals surface area contributed by atoms with Crippen LogP contribution < -0.4 is 10.1 Å². The molecule has 0 fully saturated rings. The fraction of sp³-hybridized carbons (Fsp3) is 0.409. The van der Waals surface area contributed by atoms with Crippen LogP contribution in [-0.2, 0) is 4.79 Å². The lowest BCUT2D eigenvalue weighted by Crippen LogP contribution is -2.39. The van der Waals surface area contributed by atoms with Gasteiger partial charge in [0.1, 0.15) is 5.75 Å². The normalized spacial score (nSPS) is 13.4. The highest BCUT2D eigenvalue weighted by molar-refractivity contribution is 5.81. The smallest absolute Gasteiger partial charge is 0.261 e. The Labute approximate surface area is 151 Å². The Morgan fingerprint density at radius 2 is 1.72 bits per heavy atom. The molecule has 0 bridgehead atoms. The number of carbonyl (C=O) groups is 1. The van der Waals surface area contributed by atoms with Gasteiger partial charge in [0.15, 0.2) is 6.10 Å². The highest BCUT2D eigenvalue weighted by Crippen LogP contribution is 2.23. The minimum Gasteiger partial charge on any atom is -0.481 e. The van der Waals surface area contributed by atoms with Gasteiger partial charge in [-0.15, -0.1) is 0 Å². The van der Waals surface area contributed by atoms with Crippen LogP contribution in [0.25, 0.3) is 0 Å². The van der Waals surface area contributed by atoms with Crippen LogP contribution in [-0.4, -0.2) is 12.0 Å². The van der Waals surface area contributed by atoms with Crippen LogP contribution in [0.1, 0.15) is 49.9 Å². The summed E-state index contributed by atoms with van der Waals surface area (Å²) in [5, 5.41) is 3.15. The van der Waals surface area contributed by atoms with Crippen LogP contribution in [0.4, 0.5) is 0 Å². The Morgan fingerprint density at radius 3 is 2.32 bits per heavy atom. The zero-order valence-electron chi connectivity index (χ0n) is 15.9. The van der Waals surface area contributed by atoms with Crippen molar-refractivity contribution in [2.75, 3.05) is 0 Å². The molecule has 0 saturated carbocycles. The van der Waals surface area contributed by atoms with E-state index in [0.29, 0.717) is 5.92 Å². The van der Waals surface area contributed by atoms with Crippen LogP contribution >= 0.6 is 0 Å². The van der Waals surface area contributed by atoms with Crippen LogP contribution in [0.2, 0.25) is 0 Å². The molecule has 0 aliphatic carbocycles. The lowest BCUT2D eigenvalue weighted by Gasteiger charge is -2.24. The standard InChI is InChI=1S/C22H29NO2/c1-15(2)13-20(19-9-7-6-8-10-19)23-22(24)18(5)25-21-12-11-16(3)14-17(21)4/h6-12,14-15,18,20H,13H2,1-5H3,(H,23,24)/t18-,20-/m0/s1. The number of ether oxygens (including phenoxy) is 1. The van der Waals surface area contributed by atoms with E-state index in [-0.39, 0.29) is 11.9 Å². The van der Waals surface area contributed by atoms with E-state index in [1.54, 1.807) is 6.92 Å². The quantitative estimate of drug-likeness (QED) is 0.773. The molecule has 0 unspecified atom stereocenters. The van der Waals surface area contributed by atoms with Crippen molar-refractivity contribution in [2.45, 2.75) is 53.2 Å². The summed E-state index contributed by atoms with van der Waals surface area (Å²) in [6, 6.07) is 16.1. The van der Waals surface area contributed by atoms with E-state index in [9.17, 15) is 4.79 Å². The summed E-state index contributed by atoms with van der Waals surface area (Å²) in [6.45, 7) is 10.2. The molecule has 0 aliphatic heterocycles. The second-order valence-corrected chi connectivity index (χ2v) is 7.13. The molecule has 134 valence electrons. The maximum Gasteiger partial charge on any atom is 0.261 e. The van der Waals surface area contributed by atoms with E-state index in [1.165, 1.54) is 5.56 Å². The van der Waals surface area contributed by atoms with Crippen LogP contribution in [0.5, 0.6) is 5.75 Å². The Hall–Kier alpha value is -2.29. The molecule has 0 saturated heterocycles. The third-order valence-electron chi connectivity index (χ3n) is 4.23. The van der Waals surface area contributed by atoms with Crippen molar-refractivity contribution >= 4 is 5.91 Å². The van der Waals surface area contributed by atoms with Gasteiger partial charge in [0.25, 0.3) is 5.91 Å². The van der Waals surface area contributed by atoms with Gasteiger partial charge >= 0.3 is 0 Å². The summed E-state index contributed by atoms with van der Waals surface area (Å²) in [7, 11) is 0. The highest BCUT2D eigenvalue weighted by atomic mass is 16.5. The van der Waals surface area contributed by atoms with Crippen molar-refractivity contribution in [3.05, 3.63) is 65.2 Å². The van der Waals surface area contributed by atoms with Gasteiger partial charge in [0, 0.05) is 0 Å². The molecule has 2 aromatic carbocycles. The lowest BCUT2D eigenvalue weighted by molar-refractivity contribution is -0.128. The zero-order valence-corrected chi connectivity index (χ0v) is 15.9. The second kappa shape index (κ2) is 8.70.